The summed E-state index contributed by atoms with van der Waals surface area (Å²) in [5.41, 5.74) is 0.910. The molecular formula is C14H12O2. The molecular weight excluding hydrogens is 200 g/mol. The fraction of sp³-hybridized carbons (Fsp3) is 0.0714. The number of allylic oxidation sites excluding steroid dienone is 1. The molecule has 0 saturated carbocycles. The van der Waals surface area contributed by atoms with Crippen LogP contribution in [0.25, 0.3) is 16.5 Å². The van der Waals surface area contributed by atoms with Crippen molar-refractivity contribution in [2.45, 2.75) is 0 Å². The minimum atomic E-state index is 0.584. The molecule has 0 N–H and O–H groups in total. The molecule has 2 aromatic carbocycles. The average Bonchev–Trinajstić information content (AvgIpc) is 2.35. The van der Waals surface area contributed by atoms with Crippen LogP contribution in [-0.4, -0.2) is 13.4 Å². The van der Waals surface area contributed by atoms with Crippen LogP contribution in [0.1, 0.15) is 5.56 Å². The molecule has 0 radical (unpaired) electrons. The standard InChI is InChI=1S/C14H12O2/c1-16-14(8-9-15)13-7-6-11-4-2-3-5-12(11)10-13/h2-10H,1H3. The Hall–Kier alpha value is -2.09. The highest BCUT2D eigenvalue weighted by Gasteiger charge is 2.01. The van der Waals surface area contributed by atoms with E-state index >= 15 is 0 Å². The predicted molar refractivity (Wildman–Crippen MR) is 65.0 cm³/mol. The molecule has 2 nitrogen and oxygen atoms in total. The van der Waals surface area contributed by atoms with Gasteiger partial charge in [-0.25, -0.2) is 0 Å². The molecule has 0 atom stereocenters. The highest BCUT2D eigenvalue weighted by Crippen LogP contribution is 2.21. The summed E-state index contributed by atoms with van der Waals surface area (Å²) in [4.78, 5) is 10.5. The van der Waals surface area contributed by atoms with Gasteiger partial charge in [0.2, 0.25) is 0 Å². The Morgan fingerprint density at radius 3 is 2.56 bits per heavy atom. The van der Waals surface area contributed by atoms with Gasteiger partial charge in [-0.2, -0.15) is 0 Å². The van der Waals surface area contributed by atoms with Crippen LogP contribution < -0.4 is 0 Å². The van der Waals surface area contributed by atoms with Crippen LogP contribution in [0.15, 0.2) is 48.5 Å². The van der Waals surface area contributed by atoms with Gasteiger partial charge in [-0.3, -0.25) is 4.79 Å². The summed E-state index contributed by atoms with van der Waals surface area (Å²) in [5, 5.41) is 2.31. The lowest BCUT2D eigenvalue weighted by molar-refractivity contribution is -0.104. The first-order valence-electron chi connectivity index (χ1n) is 5.04. The van der Waals surface area contributed by atoms with E-state index in [0.717, 1.165) is 17.2 Å². The topological polar surface area (TPSA) is 26.3 Å². The third kappa shape index (κ3) is 1.96. The van der Waals surface area contributed by atoms with Crippen LogP contribution in [0.3, 0.4) is 0 Å². The Balaban J connectivity index is 2.54. The van der Waals surface area contributed by atoms with Crippen LogP contribution in [0, 0.1) is 0 Å². The Labute approximate surface area is 94.2 Å². The van der Waals surface area contributed by atoms with Gasteiger partial charge in [0.15, 0.2) is 0 Å². The Bertz CT molecular complexity index is 541. The molecule has 0 fully saturated rings. The number of carbonyl (C=O) groups is 1. The molecule has 0 spiro atoms. The van der Waals surface area contributed by atoms with E-state index in [1.807, 2.05) is 36.4 Å². The van der Waals surface area contributed by atoms with E-state index in [1.54, 1.807) is 7.11 Å². The fourth-order valence-electron chi connectivity index (χ4n) is 1.69. The van der Waals surface area contributed by atoms with Crippen LogP contribution in [0.2, 0.25) is 0 Å². The molecule has 0 aliphatic carbocycles. The van der Waals surface area contributed by atoms with Gasteiger partial charge in [-0.1, -0.05) is 36.4 Å². The first kappa shape index (κ1) is 10.4. The average molecular weight is 212 g/mol. The molecule has 2 rings (SSSR count). The minimum absolute atomic E-state index is 0.584. The van der Waals surface area contributed by atoms with E-state index in [0.29, 0.717) is 5.76 Å². The summed E-state index contributed by atoms with van der Waals surface area (Å²) >= 11 is 0. The molecule has 0 aliphatic heterocycles. The van der Waals surface area contributed by atoms with Crippen molar-refractivity contribution >= 4 is 22.8 Å². The number of benzene rings is 2. The monoisotopic (exact) mass is 212 g/mol. The van der Waals surface area contributed by atoms with Crippen molar-refractivity contribution in [2.24, 2.45) is 0 Å². The van der Waals surface area contributed by atoms with Gasteiger partial charge in [0.05, 0.1) is 7.11 Å². The number of hydrogen-bond acceptors (Lipinski definition) is 2. The SMILES string of the molecule is COC(=CC=O)c1ccc2ccccc2c1. The van der Waals surface area contributed by atoms with Gasteiger partial charge in [0, 0.05) is 11.6 Å². The Morgan fingerprint density at radius 1 is 1.12 bits per heavy atom. The highest BCUT2D eigenvalue weighted by atomic mass is 16.5. The molecule has 0 unspecified atom stereocenters. The van der Waals surface area contributed by atoms with Crippen molar-refractivity contribution in [1.82, 2.24) is 0 Å². The smallest absolute Gasteiger partial charge is 0.146 e. The number of rotatable bonds is 3. The van der Waals surface area contributed by atoms with E-state index in [-0.39, 0.29) is 0 Å². The van der Waals surface area contributed by atoms with Crippen molar-refractivity contribution in [3.63, 3.8) is 0 Å². The number of aldehydes is 1. The molecule has 2 heteroatoms. The summed E-state index contributed by atoms with van der Waals surface area (Å²) in [5.74, 6) is 0.584. The second kappa shape index (κ2) is 4.62. The van der Waals surface area contributed by atoms with Gasteiger partial charge in [0.25, 0.3) is 0 Å². The van der Waals surface area contributed by atoms with Crippen LogP contribution in [-0.2, 0) is 9.53 Å². The molecule has 16 heavy (non-hydrogen) atoms. The minimum Gasteiger partial charge on any atom is -0.496 e. The lowest BCUT2D eigenvalue weighted by atomic mass is 10.1. The number of carbonyl (C=O) groups excluding carboxylic acids is 1. The molecule has 2 aromatic rings. The van der Waals surface area contributed by atoms with Gasteiger partial charge in [-0.15, -0.1) is 0 Å². The maximum Gasteiger partial charge on any atom is 0.146 e. The summed E-state index contributed by atoms with van der Waals surface area (Å²) < 4.78 is 5.16. The Morgan fingerprint density at radius 2 is 1.88 bits per heavy atom. The zero-order valence-corrected chi connectivity index (χ0v) is 9.01. The van der Waals surface area contributed by atoms with E-state index in [2.05, 4.69) is 6.07 Å². The fourth-order valence-corrected chi connectivity index (χ4v) is 1.69. The predicted octanol–water partition coefficient (Wildman–Crippen LogP) is 3.03. The summed E-state index contributed by atoms with van der Waals surface area (Å²) in [6.45, 7) is 0. The third-order valence-electron chi connectivity index (χ3n) is 2.47. The summed E-state index contributed by atoms with van der Waals surface area (Å²) in [6, 6.07) is 14.0. The normalized spacial score (nSPS) is 11.4. The van der Waals surface area contributed by atoms with Crippen molar-refractivity contribution in [3.05, 3.63) is 54.1 Å². The molecule has 0 saturated heterocycles. The van der Waals surface area contributed by atoms with Gasteiger partial charge in [-0.05, 0) is 16.8 Å². The van der Waals surface area contributed by atoms with Gasteiger partial charge >= 0.3 is 0 Å². The zero-order valence-electron chi connectivity index (χ0n) is 9.01. The van der Waals surface area contributed by atoms with Crippen molar-refractivity contribution in [1.29, 1.82) is 0 Å². The molecule has 0 amide bonds. The van der Waals surface area contributed by atoms with E-state index in [1.165, 1.54) is 11.5 Å². The maximum absolute atomic E-state index is 10.5. The second-order valence-corrected chi connectivity index (χ2v) is 3.43. The summed E-state index contributed by atoms with van der Waals surface area (Å²) in [6.07, 6.45) is 2.15. The molecule has 0 bridgehead atoms. The lowest BCUT2D eigenvalue weighted by Gasteiger charge is -2.06. The quantitative estimate of drug-likeness (QED) is 0.444. The lowest BCUT2D eigenvalue weighted by Crippen LogP contribution is -1.88. The van der Waals surface area contributed by atoms with Crippen LogP contribution in [0.4, 0.5) is 0 Å². The van der Waals surface area contributed by atoms with Gasteiger partial charge < -0.3 is 4.74 Å². The number of hydrogen-bond donors (Lipinski definition) is 0. The van der Waals surface area contributed by atoms with Crippen LogP contribution >= 0.6 is 0 Å². The van der Waals surface area contributed by atoms with E-state index in [4.69, 9.17) is 4.74 Å². The highest BCUT2D eigenvalue weighted by molar-refractivity contribution is 5.87. The zero-order chi connectivity index (χ0) is 11.4. The van der Waals surface area contributed by atoms with Crippen molar-refractivity contribution in [3.8, 4) is 0 Å². The maximum atomic E-state index is 10.5. The molecule has 0 aromatic heterocycles. The van der Waals surface area contributed by atoms with E-state index in [9.17, 15) is 4.79 Å². The number of methoxy groups -OCH3 is 1. The van der Waals surface area contributed by atoms with Crippen molar-refractivity contribution in [2.75, 3.05) is 7.11 Å². The van der Waals surface area contributed by atoms with Crippen molar-refractivity contribution < 1.29 is 9.53 Å². The second-order valence-electron chi connectivity index (χ2n) is 3.43. The first-order chi connectivity index (χ1) is 7.85. The third-order valence-corrected chi connectivity index (χ3v) is 2.47. The van der Waals surface area contributed by atoms with E-state index < -0.39 is 0 Å². The van der Waals surface area contributed by atoms with Crippen LogP contribution in [0.5, 0.6) is 0 Å². The number of fused-ring (bicyclic) bond motifs is 1. The summed E-state index contributed by atoms with van der Waals surface area (Å²) in [7, 11) is 1.56. The molecule has 80 valence electrons. The Kier molecular flexibility index (Phi) is 3.01. The number of ether oxygens (including phenoxy) is 1. The van der Waals surface area contributed by atoms with Gasteiger partial charge in [0.1, 0.15) is 12.0 Å². The first-order valence-corrected chi connectivity index (χ1v) is 5.04. The largest absolute Gasteiger partial charge is 0.496 e. The molecule has 0 heterocycles. The molecule has 0 aliphatic rings.